The van der Waals surface area contributed by atoms with Gasteiger partial charge in [-0.25, -0.2) is 0 Å². The number of hydrogen-bond acceptors (Lipinski definition) is 3. The first-order valence-electron chi connectivity index (χ1n) is 5.16. The van der Waals surface area contributed by atoms with Crippen molar-refractivity contribution < 1.29 is 4.79 Å². The van der Waals surface area contributed by atoms with Crippen molar-refractivity contribution in [1.29, 1.82) is 0 Å². The zero-order valence-corrected chi connectivity index (χ0v) is 10.3. The topological polar surface area (TPSA) is 55.1 Å². The van der Waals surface area contributed by atoms with Gasteiger partial charge in [0.2, 0.25) is 5.91 Å². The first kappa shape index (κ1) is 14.3. The zero-order chi connectivity index (χ0) is 11.7. The summed E-state index contributed by atoms with van der Waals surface area (Å²) >= 11 is 1.68. The highest BCUT2D eigenvalue weighted by molar-refractivity contribution is 7.98. The van der Waals surface area contributed by atoms with Crippen LogP contribution in [0.4, 0.5) is 0 Å². The molecule has 0 saturated carbocycles. The predicted octanol–water partition coefficient (Wildman–Crippen LogP) is 0.985. The van der Waals surface area contributed by atoms with E-state index in [0.717, 1.165) is 18.6 Å². The molecule has 0 saturated heterocycles. The van der Waals surface area contributed by atoms with Crippen LogP contribution in [0.25, 0.3) is 0 Å². The number of terminal acetylenes is 1. The number of nitrogens with two attached hydrogens (primary N) is 1. The van der Waals surface area contributed by atoms with Crippen LogP contribution in [0, 0.1) is 12.3 Å². The van der Waals surface area contributed by atoms with Crippen LogP contribution in [0.15, 0.2) is 0 Å². The maximum atomic E-state index is 11.6. The molecule has 4 heteroatoms. The van der Waals surface area contributed by atoms with E-state index < -0.39 is 6.04 Å². The van der Waals surface area contributed by atoms with Gasteiger partial charge in [0, 0.05) is 0 Å². The fraction of sp³-hybridized carbons (Fsp3) is 0.727. The Kier molecular flexibility index (Phi) is 8.25. The molecule has 0 aliphatic rings. The Morgan fingerprint density at radius 2 is 2.27 bits per heavy atom. The highest BCUT2D eigenvalue weighted by atomic mass is 32.2. The molecule has 2 atom stereocenters. The minimum Gasteiger partial charge on any atom is -0.341 e. The molecule has 3 N–H and O–H groups in total. The molecule has 0 radical (unpaired) electrons. The smallest absolute Gasteiger partial charge is 0.237 e. The molecule has 0 aliphatic heterocycles. The van der Waals surface area contributed by atoms with Crippen molar-refractivity contribution >= 4 is 17.7 Å². The van der Waals surface area contributed by atoms with E-state index in [2.05, 4.69) is 11.2 Å². The van der Waals surface area contributed by atoms with Crippen molar-refractivity contribution in [3.8, 4) is 12.3 Å². The second kappa shape index (κ2) is 8.63. The van der Waals surface area contributed by atoms with Crippen LogP contribution in [0.3, 0.4) is 0 Å². The number of rotatable bonds is 7. The maximum Gasteiger partial charge on any atom is 0.237 e. The molecule has 0 fully saturated rings. The summed E-state index contributed by atoms with van der Waals surface area (Å²) in [4.78, 5) is 11.6. The Balaban J connectivity index is 3.94. The van der Waals surface area contributed by atoms with Gasteiger partial charge < -0.3 is 11.1 Å². The number of hydrogen-bond donors (Lipinski definition) is 2. The number of thioether (sulfide) groups is 1. The monoisotopic (exact) mass is 228 g/mol. The Bertz CT molecular complexity index is 225. The first-order valence-corrected chi connectivity index (χ1v) is 6.56. The van der Waals surface area contributed by atoms with Crippen molar-refractivity contribution in [3.63, 3.8) is 0 Å². The molecule has 1 unspecified atom stereocenters. The molecule has 15 heavy (non-hydrogen) atoms. The summed E-state index contributed by atoms with van der Waals surface area (Å²) in [6.45, 7) is 2.03. The van der Waals surface area contributed by atoms with Gasteiger partial charge in [-0.1, -0.05) is 19.3 Å². The molecule has 0 aliphatic carbocycles. The van der Waals surface area contributed by atoms with Gasteiger partial charge >= 0.3 is 0 Å². The second-order valence-corrected chi connectivity index (χ2v) is 4.39. The average molecular weight is 228 g/mol. The van der Waals surface area contributed by atoms with Gasteiger partial charge in [-0.15, -0.1) is 6.42 Å². The van der Waals surface area contributed by atoms with E-state index in [0.29, 0.717) is 6.42 Å². The van der Waals surface area contributed by atoms with Crippen molar-refractivity contribution in [3.05, 3.63) is 0 Å². The standard InChI is InChI=1S/C11H20N2OS/c1-4-6-9(5-2)13-11(14)10(12)7-8-15-3/h2,9-10H,4,6-8,12H2,1,3H3,(H,13,14)/t9?,10-/m1/s1. The van der Waals surface area contributed by atoms with Gasteiger partial charge in [0.05, 0.1) is 12.1 Å². The van der Waals surface area contributed by atoms with Gasteiger partial charge in [-0.3, -0.25) is 4.79 Å². The molecule has 0 aromatic heterocycles. The highest BCUT2D eigenvalue weighted by Crippen LogP contribution is 2.00. The number of carbonyl (C=O) groups is 1. The van der Waals surface area contributed by atoms with Crippen LogP contribution in [0.5, 0.6) is 0 Å². The van der Waals surface area contributed by atoms with E-state index >= 15 is 0 Å². The van der Waals surface area contributed by atoms with E-state index in [4.69, 9.17) is 12.2 Å². The Morgan fingerprint density at radius 1 is 1.60 bits per heavy atom. The lowest BCUT2D eigenvalue weighted by Gasteiger charge is -2.15. The quantitative estimate of drug-likeness (QED) is 0.639. The molecule has 0 aromatic rings. The molecular weight excluding hydrogens is 208 g/mol. The van der Waals surface area contributed by atoms with Crippen molar-refractivity contribution in [2.24, 2.45) is 5.73 Å². The molecular formula is C11H20N2OS. The van der Waals surface area contributed by atoms with E-state index in [1.165, 1.54) is 0 Å². The molecule has 0 heterocycles. The largest absolute Gasteiger partial charge is 0.341 e. The van der Waals surface area contributed by atoms with Gasteiger partial charge in [-0.2, -0.15) is 11.8 Å². The zero-order valence-electron chi connectivity index (χ0n) is 9.45. The summed E-state index contributed by atoms with van der Waals surface area (Å²) in [6.07, 6.45) is 9.74. The lowest BCUT2D eigenvalue weighted by atomic mass is 10.1. The third-order valence-corrected chi connectivity index (χ3v) is 2.71. The van der Waals surface area contributed by atoms with E-state index in [1.54, 1.807) is 11.8 Å². The number of carbonyl (C=O) groups excluding carboxylic acids is 1. The summed E-state index contributed by atoms with van der Waals surface area (Å²) in [6, 6.07) is -0.618. The summed E-state index contributed by atoms with van der Waals surface area (Å²) < 4.78 is 0. The molecule has 0 spiro atoms. The minimum absolute atomic E-state index is 0.138. The highest BCUT2D eigenvalue weighted by Gasteiger charge is 2.15. The van der Waals surface area contributed by atoms with Crippen molar-refractivity contribution in [2.45, 2.75) is 38.3 Å². The van der Waals surface area contributed by atoms with Crippen molar-refractivity contribution in [1.82, 2.24) is 5.32 Å². The molecule has 3 nitrogen and oxygen atoms in total. The van der Waals surface area contributed by atoms with Crippen LogP contribution in [0.2, 0.25) is 0 Å². The summed E-state index contributed by atoms with van der Waals surface area (Å²) in [5.74, 6) is 3.31. The summed E-state index contributed by atoms with van der Waals surface area (Å²) in [5.41, 5.74) is 5.71. The minimum atomic E-state index is -0.440. The Morgan fingerprint density at radius 3 is 2.73 bits per heavy atom. The summed E-state index contributed by atoms with van der Waals surface area (Å²) in [7, 11) is 0. The SMILES string of the molecule is C#CC(CCC)NC(=O)[C@H](N)CCSC. The van der Waals surface area contributed by atoms with Gasteiger partial charge in [0.25, 0.3) is 0 Å². The lowest BCUT2D eigenvalue weighted by Crippen LogP contribution is -2.45. The molecule has 86 valence electrons. The third kappa shape index (κ3) is 6.43. The number of amides is 1. The van der Waals surface area contributed by atoms with Crippen LogP contribution in [0.1, 0.15) is 26.2 Å². The van der Waals surface area contributed by atoms with Crippen LogP contribution >= 0.6 is 11.8 Å². The molecule has 1 amide bonds. The van der Waals surface area contributed by atoms with Crippen molar-refractivity contribution in [2.75, 3.05) is 12.0 Å². The van der Waals surface area contributed by atoms with E-state index in [9.17, 15) is 4.79 Å². The molecule has 0 rings (SSSR count). The van der Waals surface area contributed by atoms with E-state index in [1.807, 2.05) is 13.2 Å². The van der Waals surface area contributed by atoms with Gasteiger partial charge in [-0.05, 0) is 24.9 Å². The van der Waals surface area contributed by atoms with E-state index in [-0.39, 0.29) is 11.9 Å². The lowest BCUT2D eigenvalue weighted by molar-refractivity contribution is -0.122. The first-order chi connectivity index (χ1) is 7.15. The maximum absolute atomic E-state index is 11.6. The number of nitrogens with one attached hydrogen (secondary N) is 1. The second-order valence-electron chi connectivity index (χ2n) is 3.40. The van der Waals surface area contributed by atoms with Gasteiger partial charge in [0.1, 0.15) is 0 Å². The molecule has 0 bridgehead atoms. The van der Waals surface area contributed by atoms with Crippen LogP contribution in [-0.2, 0) is 4.79 Å². The predicted molar refractivity (Wildman–Crippen MR) is 66.6 cm³/mol. The van der Waals surface area contributed by atoms with Crippen LogP contribution < -0.4 is 11.1 Å². The summed E-state index contributed by atoms with van der Waals surface area (Å²) in [5, 5.41) is 2.77. The van der Waals surface area contributed by atoms with Gasteiger partial charge in [0.15, 0.2) is 0 Å². The third-order valence-electron chi connectivity index (χ3n) is 2.06. The average Bonchev–Trinajstić information content (AvgIpc) is 2.24. The Labute approximate surface area is 96.6 Å². The molecule has 0 aromatic carbocycles. The van der Waals surface area contributed by atoms with Crippen LogP contribution in [-0.4, -0.2) is 30.0 Å². The fourth-order valence-corrected chi connectivity index (χ4v) is 1.63. The fourth-order valence-electron chi connectivity index (χ4n) is 1.14. The Hall–Kier alpha value is -0.660. The normalized spacial score (nSPS) is 14.0.